The maximum absolute atomic E-state index is 13.6. The van der Waals surface area contributed by atoms with E-state index in [1.54, 1.807) is 0 Å². The first-order chi connectivity index (χ1) is 8.52. The van der Waals surface area contributed by atoms with E-state index in [1.807, 2.05) is 0 Å². The van der Waals surface area contributed by atoms with E-state index in [4.69, 9.17) is 0 Å². The first kappa shape index (κ1) is 11.6. The van der Waals surface area contributed by atoms with Crippen LogP contribution in [0.1, 0.15) is 24.8 Å². The van der Waals surface area contributed by atoms with E-state index in [1.165, 1.54) is 12.1 Å². The summed E-state index contributed by atoms with van der Waals surface area (Å²) in [5, 5.41) is 9.41. The molecule has 3 rings (SSSR count). The molecule has 0 heterocycles. The summed E-state index contributed by atoms with van der Waals surface area (Å²) in [6, 6.07) is 3.96. The number of carboxylic acid groups (broad SMARTS) is 1. The Morgan fingerprint density at radius 3 is 2.61 bits per heavy atom. The summed E-state index contributed by atoms with van der Waals surface area (Å²) < 4.78 is 26.8. The van der Waals surface area contributed by atoms with Gasteiger partial charge in [0.1, 0.15) is 0 Å². The first-order valence-corrected chi connectivity index (χ1v) is 6.18. The van der Waals surface area contributed by atoms with Crippen molar-refractivity contribution in [1.29, 1.82) is 0 Å². The number of halogens is 2. The van der Waals surface area contributed by atoms with Crippen LogP contribution in [0.2, 0.25) is 0 Å². The molecule has 0 aliphatic heterocycles. The zero-order valence-corrected chi connectivity index (χ0v) is 9.83. The Balaban J connectivity index is 1.89. The quantitative estimate of drug-likeness (QED) is 0.897. The van der Waals surface area contributed by atoms with E-state index in [-0.39, 0.29) is 12.0 Å². The fraction of sp³-hybridized carbons (Fsp3) is 0.500. The van der Waals surface area contributed by atoms with E-state index in [0.717, 1.165) is 12.5 Å². The molecule has 2 saturated carbocycles. The van der Waals surface area contributed by atoms with Crippen LogP contribution in [0.25, 0.3) is 0 Å². The largest absolute Gasteiger partial charge is 0.481 e. The maximum atomic E-state index is 13.6. The molecule has 0 saturated heterocycles. The van der Waals surface area contributed by atoms with Crippen LogP contribution in [0.5, 0.6) is 0 Å². The molecule has 2 atom stereocenters. The van der Waals surface area contributed by atoms with Crippen LogP contribution in [0.4, 0.5) is 8.78 Å². The first-order valence-electron chi connectivity index (χ1n) is 6.18. The minimum absolute atomic E-state index is 0.0962. The average Bonchev–Trinajstić information content (AvgIpc) is 2.93. The van der Waals surface area contributed by atoms with Crippen LogP contribution in [0, 0.1) is 28.9 Å². The molecule has 18 heavy (non-hydrogen) atoms. The second-order valence-corrected chi connectivity index (χ2v) is 5.64. The van der Waals surface area contributed by atoms with Crippen molar-refractivity contribution >= 4 is 5.97 Å². The third-order valence-electron chi connectivity index (χ3n) is 4.39. The standard InChI is InChI=1S/C14H14F2O2/c15-11-3-1-2-8(12(11)16)5-14(13(17)18)6-9-4-10(9)7-14/h1-3,9-10H,4-7H2,(H,17,18). The number of aliphatic carboxylic acids is 1. The molecule has 0 spiro atoms. The lowest BCUT2D eigenvalue weighted by molar-refractivity contribution is -0.149. The number of carbonyl (C=O) groups is 1. The number of hydrogen-bond donors (Lipinski definition) is 1. The average molecular weight is 252 g/mol. The normalized spacial score (nSPS) is 33.2. The Bertz CT molecular complexity index is 503. The molecule has 2 fully saturated rings. The van der Waals surface area contributed by atoms with Gasteiger partial charge >= 0.3 is 5.97 Å². The van der Waals surface area contributed by atoms with E-state index in [9.17, 15) is 18.7 Å². The number of fused-ring (bicyclic) bond motifs is 1. The van der Waals surface area contributed by atoms with Gasteiger partial charge in [-0.1, -0.05) is 12.1 Å². The molecule has 0 aromatic heterocycles. The molecule has 2 nitrogen and oxygen atoms in total. The molecule has 2 aliphatic rings. The minimum atomic E-state index is -0.906. The van der Waals surface area contributed by atoms with Gasteiger partial charge in [-0.2, -0.15) is 0 Å². The van der Waals surface area contributed by atoms with E-state index in [0.29, 0.717) is 24.7 Å². The van der Waals surface area contributed by atoms with Crippen LogP contribution in [0.15, 0.2) is 18.2 Å². The summed E-state index contributed by atoms with van der Waals surface area (Å²) in [6.07, 6.45) is 2.39. The number of carboxylic acids is 1. The predicted molar refractivity (Wildman–Crippen MR) is 61.0 cm³/mol. The molecule has 4 heteroatoms. The highest BCUT2D eigenvalue weighted by molar-refractivity contribution is 5.76. The van der Waals surface area contributed by atoms with Crippen LogP contribution >= 0.6 is 0 Å². The van der Waals surface area contributed by atoms with Crippen molar-refractivity contribution in [1.82, 2.24) is 0 Å². The topological polar surface area (TPSA) is 37.3 Å². The molecule has 1 aromatic carbocycles. The van der Waals surface area contributed by atoms with Gasteiger partial charge in [-0.25, -0.2) is 8.78 Å². The molecule has 0 radical (unpaired) electrons. The van der Waals surface area contributed by atoms with E-state index < -0.39 is 23.0 Å². The Hall–Kier alpha value is -1.45. The summed E-state index contributed by atoms with van der Waals surface area (Å²) in [4.78, 5) is 11.5. The van der Waals surface area contributed by atoms with E-state index >= 15 is 0 Å². The lowest BCUT2D eigenvalue weighted by atomic mass is 9.77. The second kappa shape index (κ2) is 3.77. The lowest BCUT2D eigenvalue weighted by Crippen LogP contribution is -2.32. The van der Waals surface area contributed by atoms with Gasteiger partial charge in [0.05, 0.1) is 5.41 Å². The van der Waals surface area contributed by atoms with E-state index in [2.05, 4.69) is 0 Å². The third kappa shape index (κ3) is 1.71. The molecule has 2 unspecified atom stereocenters. The summed E-state index contributed by atoms with van der Waals surface area (Å²) >= 11 is 0. The number of rotatable bonds is 3. The van der Waals surface area contributed by atoms with Crippen molar-refractivity contribution in [3.8, 4) is 0 Å². The van der Waals surface area contributed by atoms with Crippen LogP contribution < -0.4 is 0 Å². The highest BCUT2D eigenvalue weighted by Crippen LogP contribution is 2.61. The smallest absolute Gasteiger partial charge is 0.309 e. The highest BCUT2D eigenvalue weighted by atomic mass is 19.2. The van der Waals surface area contributed by atoms with Gasteiger partial charge in [0.15, 0.2) is 11.6 Å². The molecule has 0 amide bonds. The fourth-order valence-electron chi connectivity index (χ4n) is 3.34. The molecule has 1 N–H and O–H groups in total. The second-order valence-electron chi connectivity index (χ2n) is 5.64. The van der Waals surface area contributed by atoms with Crippen LogP contribution in [-0.2, 0) is 11.2 Å². The molecule has 2 aliphatic carbocycles. The summed E-state index contributed by atoms with van der Waals surface area (Å²) in [6.45, 7) is 0. The third-order valence-corrected chi connectivity index (χ3v) is 4.39. The number of hydrogen-bond acceptors (Lipinski definition) is 1. The maximum Gasteiger partial charge on any atom is 0.309 e. The Kier molecular flexibility index (Phi) is 2.44. The van der Waals surface area contributed by atoms with Crippen LogP contribution in [0.3, 0.4) is 0 Å². The van der Waals surface area contributed by atoms with Gasteiger partial charge in [-0.05, 0) is 49.1 Å². The fourth-order valence-corrected chi connectivity index (χ4v) is 3.34. The Morgan fingerprint density at radius 1 is 1.33 bits per heavy atom. The van der Waals surface area contributed by atoms with Crippen molar-refractivity contribution in [3.63, 3.8) is 0 Å². The minimum Gasteiger partial charge on any atom is -0.481 e. The zero-order chi connectivity index (χ0) is 12.9. The molecule has 0 bridgehead atoms. The van der Waals surface area contributed by atoms with Crippen molar-refractivity contribution in [3.05, 3.63) is 35.4 Å². The van der Waals surface area contributed by atoms with Crippen LogP contribution in [-0.4, -0.2) is 11.1 Å². The van der Waals surface area contributed by atoms with Gasteiger partial charge in [-0.15, -0.1) is 0 Å². The lowest BCUT2D eigenvalue weighted by Gasteiger charge is -2.26. The van der Waals surface area contributed by atoms with Crippen molar-refractivity contribution in [2.24, 2.45) is 17.3 Å². The van der Waals surface area contributed by atoms with Crippen molar-refractivity contribution < 1.29 is 18.7 Å². The van der Waals surface area contributed by atoms with Crippen molar-refractivity contribution in [2.45, 2.75) is 25.7 Å². The molecule has 96 valence electrons. The summed E-state index contributed by atoms with van der Waals surface area (Å²) in [5.41, 5.74) is -0.707. The van der Waals surface area contributed by atoms with Gasteiger partial charge in [0, 0.05) is 0 Å². The predicted octanol–water partition coefficient (Wildman–Crippen LogP) is 3.01. The molecular formula is C14H14F2O2. The zero-order valence-electron chi connectivity index (χ0n) is 9.83. The summed E-state index contributed by atoms with van der Waals surface area (Å²) in [5.74, 6) is -1.72. The van der Waals surface area contributed by atoms with Crippen molar-refractivity contribution in [2.75, 3.05) is 0 Å². The Morgan fingerprint density at radius 2 is 2.00 bits per heavy atom. The molecular weight excluding hydrogens is 238 g/mol. The summed E-state index contributed by atoms with van der Waals surface area (Å²) in [7, 11) is 0. The monoisotopic (exact) mass is 252 g/mol. The number of benzene rings is 1. The molecule has 1 aromatic rings. The SMILES string of the molecule is O=C(O)C1(Cc2cccc(F)c2F)CC2CC2C1. The van der Waals surface area contributed by atoms with Gasteiger partial charge in [-0.3, -0.25) is 4.79 Å². The van der Waals surface area contributed by atoms with Gasteiger partial charge in [0.2, 0.25) is 0 Å². The van der Waals surface area contributed by atoms with Gasteiger partial charge < -0.3 is 5.11 Å². The highest BCUT2D eigenvalue weighted by Gasteiger charge is 2.57. The Labute approximate surface area is 104 Å². The van der Waals surface area contributed by atoms with Gasteiger partial charge in [0.25, 0.3) is 0 Å².